The van der Waals surface area contributed by atoms with Gasteiger partial charge in [-0.05, 0) is 30.6 Å². The van der Waals surface area contributed by atoms with Gasteiger partial charge in [0.25, 0.3) is 0 Å². The van der Waals surface area contributed by atoms with E-state index in [4.69, 9.17) is 5.73 Å². The zero-order valence-electron chi connectivity index (χ0n) is 11.0. The van der Waals surface area contributed by atoms with Crippen LogP contribution in [0.3, 0.4) is 0 Å². The molecule has 0 aromatic carbocycles. The van der Waals surface area contributed by atoms with Crippen LogP contribution >= 0.6 is 0 Å². The molecule has 2 fully saturated rings. The molecule has 0 aromatic heterocycles. The third kappa shape index (κ3) is 1.41. The third-order valence-corrected chi connectivity index (χ3v) is 5.90. The first kappa shape index (κ1) is 12.6. The molecular weight excluding hydrogens is 214 g/mol. The highest BCUT2D eigenvalue weighted by Crippen LogP contribution is 2.70. The summed E-state index contributed by atoms with van der Waals surface area (Å²) >= 11 is 0. The fourth-order valence-electron chi connectivity index (χ4n) is 4.13. The normalized spacial score (nSPS) is 42.7. The summed E-state index contributed by atoms with van der Waals surface area (Å²) in [5.41, 5.74) is 4.75. The molecule has 2 aliphatic carbocycles. The lowest BCUT2D eigenvalue weighted by Crippen LogP contribution is -2.48. The molecule has 0 heterocycles. The molecule has 3 N–H and O–H groups in total. The Bertz CT molecular complexity index is 388. The number of hydrogen-bond acceptors (Lipinski definition) is 2. The van der Waals surface area contributed by atoms with Gasteiger partial charge in [-0.3, -0.25) is 4.79 Å². The van der Waals surface area contributed by atoms with Crippen LogP contribution in [0.4, 0.5) is 0 Å². The lowest BCUT2D eigenvalue weighted by Gasteiger charge is -2.45. The quantitative estimate of drug-likeness (QED) is 0.737. The van der Waals surface area contributed by atoms with Crippen molar-refractivity contribution in [3.8, 4) is 0 Å². The van der Waals surface area contributed by atoms with Crippen molar-refractivity contribution < 1.29 is 9.90 Å². The van der Waals surface area contributed by atoms with Crippen molar-refractivity contribution in [2.75, 3.05) is 0 Å². The molecule has 0 spiro atoms. The number of amides is 1. The molecule has 0 unspecified atom stereocenters. The second-order valence-corrected chi connectivity index (χ2v) is 6.67. The minimum atomic E-state index is -0.814. The summed E-state index contributed by atoms with van der Waals surface area (Å²) in [5.74, 6) is 0.0424. The number of fused-ring (bicyclic) bond motifs is 2. The molecule has 0 radical (unpaired) electrons. The first-order valence-corrected chi connectivity index (χ1v) is 6.34. The molecule has 0 aromatic rings. The highest BCUT2D eigenvalue weighted by atomic mass is 16.3. The van der Waals surface area contributed by atoms with Gasteiger partial charge in [0.05, 0.1) is 5.60 Å². The van der Waals surface area contributed by atoms with Crippen LogP contribution in [0.2, 0.25) is 0 Å². The number of carbonyl (C=O) groups excluding carboxylic acids is 1. The average molecular weight is 237 g/mol. The number of rotatable bonds is 3. The van der Waals surface area contributed by atoms with Gasteiger partial charge in [0.15, 0.2) is 0 Å². The minimum Gasteiger partial charge on any atom is -0.389 e. The van der Waals surface area contributed by atoms with Crippen molar-refractivity contribution in [1.29, 1.82) is 0 Å². The Hall–Kier alpha value is -0.830. The van der Waals surface area contributed by atoms with E-state index in [1.165, 1.54) is 6.42 Å². The van der Waals surface area contributed by atoms with Crippen molar-refractivity contribution >= 4 is 5.91 Å². The van der Waals surface area contributed by atoms with Crippen molar-refractivity contribution in [1.82, 2.24) is 0 Å². The summed E-state index contributed by atoms with van der Waals surface area (Å²) in [5, 5.41) is 10.9. The summed E-state index contributed by atoms with van der Waals surface area (Å²) in [4.78, 5) is 11.1. The van der Waals surface area contributed by atoms with E-state index in [-0.39, 0.29) is 10.8 Å². The molecule has 96 valence electrons. The van der Waals surface area contributed by atoms with Crippen LogP contribution in [0.25, 0.3) is 0 Å². The Balaban J connectivity index is 2.30. The number of aliphatic hydroxyl groups is 1. The van der Waals surface area contributed by atoms with Crippen LogP contribution in [-0.2, 0) is 4.79 Å². The SMILES string of the molecule is C=C(C[C@]1(O)C[C@H]2CC[C@]1(C)C2(C)C)C(N)=O. The summed E-state index contributed by atoms with van der Waals surface area (Å²) in [7, 11) is 0. The van der Waals surface area contributed by atoms with Crippen LogP contribution in [0, 0.1) is 16.7 Å². The molecule has 3 heteroatoms. The van der Waals surface area contributed by atoms with Gasteiger partial charge in [-0.25, -0.2) is 0 Å². The van der Waals surface area contributed by atoms with Gasteiger partial charge in [0.1, 0.15) is 0 Å². The Labute approximate surface area is 103 Å². The van der Waals surface area contributed by atoms with Crippen molar-refractivity contribution in [3.63, 3.8) is 0 Å². The lowest BCUT2D eigenvalue weighted by molar-refractivity contribution is -0.118. The Kier molecular flexibility index (Phi) is 2.48. The summed E-state index contributed by atoms with van der Waals surface area (Å²) in [6.07, 6.45) is 3.28. The summed E-state index contributed by atoms with van der Waals surface area (Å²) < 4.78 is 0. The zero-order valence-corrected chi connectivity index (χ0v) is 11.0. The number of primary amides is 1. The molecule has 1 amide bonds. The smallest absolute Gasteiger partial charge is 0.244 e. The molecule has 0 saturated heterocycles. The van der Waals surface area contributed by atoms with E-state index in [1.807, 2.05) is 0 Å². The van der Waals surface area contributed by atoms with Gasteiger partial charge in [0, 0.05) is 17.4 Å². The predicted molar refractivity (Wildman–Crippen MR) is 67.1 cm³/mol. The number of hydrogen-bond donors (Lipinski definition) is 2. The van der Waals surface area contributed by atoms with E-state index in [2.05, 4.69) is 27.4 Å². The molecule has 2 saturated carbocycles. The van der Waals surface area contributed by atoms with E-state index < -0.39 is 11.5 Å². The monoisotopic (exact) mass is 237 g/mol. The van der Waals surface area contributed by atoms with Gasteiger partial charge in [-0.15, -0.1) is 0 Å². The van der Waals surface area contributed by atoms with E-state index in [0.717, 1.165) is 12.8 Å². The average Bonchev–Trinajstić information content (AvgIpc) is 2.49. The van der Waals surface area contributed by atoms with Crippen LogP contribution in [0.15, 0.2) is 12.2 Å². The molecule has 2 rings (SSSR count). The maximum Gasteiger partial charge on any atom is 0.244 e. The second-order valence-electron chi connectivity index (χ2n) is 6.67. The van der Waals surface area contributed by atoms with Crippen LogP contribution in [0.5, 0.6) is 0 Å². The van der Waals surface area contributed by atoms with Crippen molar-refractivity contribution in [2.24, 2.45) is 22.5 Å². The van der Waals surface area contributed by atoms with Gasteiger partial charge < -0.3 is 10.8 Å². The molecule has 0 aliphatic heterocycles. The van der Waals surface area contributed by atoms with E-state index in [0.29, 0.717) is 17.9 Å². The summed E-state index contributed by atoms with van der Waals surface area (Å²) in [6, 6.07) is 0. The molecule has 2 bridgehead atoms. The molecular formula is C14H23NO2. The maximum atomic E-state index is 11.1. The maximum absolute atomic E-state index is 11.1. The highest BCUT2D eigenvalue weighted by molar-refractivity contribution is 5.91. The Morgan fingerprint density at radius 2 is 2.06 bits per heavy atom. The van der Waals surface area contributed by atoms with Gasteiger partial charge >= 0.3 is 0 Å². The van der Waals surface area contributed by atoms with Crippen LogP contribution in [-0.4, -0.2) is 16.6 Å². The van der Waals surface area contributed by atoms with Crippen molar-refractivity contribution in [3.05, 3.63) is 12.2 Å². The largest absolute Gasteiger partial charge is 0.389 e. The highest BCUT2D eigenvalue weighted by Gasteiger charge is 2.68. The number of nitrogens with two attached hydrogens (primary N) is 1. The molecule has 3 atom stereocenters. The zero-order chi connectivity index (χ0) is 13.1. The van der Waals surface area contributed by atoms with Gasteiger partial charge in [-0.1, -0.05) is 27.4 Å². The Morgan fingerprint density at radius 1 is 1.47 bits per heavy atom. The minimum absolute atomic E-state index is 0.125. The predicted octanol–water partition coefficient (Wildman–Crippen LogP) is 2.00. The third-order valence-electron chi connectivity index (χ3n) is 5.90. The van der Waals surface area contributed by atoms with E-state index >= 15 is 0 Å². The standard InChI is InChI=1S/C14H23NO2/c1-9(11(15)16)7-14(17)8-10-5-6-13(14,4)12(10,2)3/h10,17H,1,5-8H2,2-4H3,(H2,15,16)/t10-,13-,14+/m1/s1. The van der Waals surface area contributed by atoms with Gasteiger partial charge in [0.2, 0.25) is 5.91 Å². The topological polar surface area (TPSA) is 63.3 Å². The fourth-order valence-corrected chi connectivity index (χ4v) is 4.13. The lowest BCUT2D eigenvalue weighted by atomic mass is 9.63. The molecule has 17 heavy (non-hydrogen) atoms. The number of carbonyl (C=O) groups is 1. The van der Waals surface area contributed by atoms with E-state index in [9.17, 15) is 9.90 Å². The van der Waals surface area contributed by atoms with Crippen molar-refractivity contribution in [2.45, 2.75) is 52.1 Å². The first-order chi connectivity index (χ1) is 7.64. The van der Waals surface area contributed by atoms with Crippen LogP contribution in [0.1, 0.15) is 46.5 Å². The second kappa shape index (κ2) is 3.35. The van der Waals surface area contributed by atoms with Gasteiger partial charge in [-0.2, -0.15) is 0 Å². The summed E-state index contributed by atoms with van der Waals surface area (Å²) in [6.45, 7) is 10.3. The molecule has 3 nitrogen and oxygen atoms in total. The fraction of sp³-hybridized carbons (Fsp3) is 0.786. The Morgan fingerprint density at radius 3 is 2.41 bits per heavy atom. The first-order valence-electron chi connectivity index (χ1n) is 6.34. The van der Waals surface area contributed by atoms with Crippen LogP contribution < -0.4 is 5.73 Å². The van der Waals surface area contributed by atoms with E-state index in [1.54, 1.807) is 0 Å². The molecule has 2 aliphatic rings.